The molecule has 0 aliphatic rings. The fourth-order valence-corrected chi connectivity index (χ4v) is 1.85. The minimum Gasteiger partial charge on any atom is -0.467 e. The van der Waals surface area contributed by atoms with Crippen LogP contribution >= 0.6 is 0 Å². The highest BCUT2D eigenvalue weighted by atomic mass is 32.2. The summed E-state index contributed by atoms with van der Waals surface area (Å²) in [4.78, 5) is 11.3. The Labute approximate surface area is 94.8 Å². The smallest absolute Gasteiger partial charge is 0.220 e. The van der Waals surface area contributed by atoms with E-state index < -0.39 is 9.84 Å². The highest BCUT2D eigenvalue weighted by Gasteiger charge is 2.06. The summed E-state index contributed by atoms with van der Waals surface area (Å²) in [5, 5.41) is 2.64. The van der Waals surface area contributed by atoms with Gasteiger partial charge >= 0.3 is 0 Å². The molecule has 90 valence electrons. The van der Waals surface area contributed by atoms with Crippen molar-refractivity contribution in [1.82, 2.24) is 5.32 Å². The first-order chi connectivity index (χ1) is 7.47. The number of carbonyl (C=O) groups excluding carboxylic acids is 1. The number of furan rings is 1. The Hall–Kier alpha value is -1.30. The first kappa shape index (κ1) is 12.8. The summed E-state index contributed by atoms with van der Waals surface area (Å²) in [5.74, 6) is 0.553. The topological polar surface area (TPSA) is 76.4 Å². The van der Waals surface area contributed by atoms with Crippen LogP contribution < -0.4 is 5.32 Å². The molecule has 0 bridgehead atoms. The molecule has 5 nitrogen and oxygen atoms in total. The molecule has 1 rings (SSSR count). The molecule has 0 unspecified atom stereocenters. The Morgan fingerprint density at radius 2 is 2.25 bits per heavy atom. The monoisotopic (exact) mass is 245 g/mol. The number of hydrogen-bond acceptors (Lipinski definition) is 4. The number of amides is 1. The van der Waals surface area contributed by atoms with Gasteiger partial charge in [0.15, 0.2) is 0 Å². The minimum atomic E-state index is -2.98. The first-order valence-corrected chi connectivity index (χ1v) is 7.00. The molecule has 0 radical (unpaired) electrons. The van der Waals surface area contributed by atoms with Crippen LogP contribution in [0.1, 0.15) is 18.6 Å². The molecule has 0 aliphatic heterocycles. The van der Waals surface area contributed by atoms with Crippen molar-refractivity contribution >= 4 is 15.7 Å². The van der Waals surface area contributed by atoms with Crippen LogP contribution in [0.3, 0.4) is 0 Å². The Kier molecular flexibility index (Phi) is 4.54. The zero-order chi connectivity index (χ0) is 12.0. The molecule has 0 saturated carbocycles. The van der Waals surface area contributed by atoms with Crippen molar-refractivity contribution in [2.75, 3.05) is 12.0 Å². The summed E-state index contributed by atoms with van der Waals surface area (Å²) in [7, 11) is -2.98. The summed E-state index contributed by atoms with van der Waals surface area (Å²) >= 11 is 0. The average molecular weight is 245 g/mol. The van der Waals surface area contributed by atoms with Gasteiger partial charge in [-0.3, -0.25) is 4.79 Å². The SMILES string of the molecule is CS(=O)(=O)CCCC(=O)NCc1ccco1. The van der Waals surface area contributed by atoms with Crippen molar-refractivity contribution < 1.29 is 17.6 Å². The molecule has 6 heteroatoms. The second-order valence-corrected chi connectivity index (χ2v) is 5.85. The lowest BCUT2D eigenvalue weighted by Crippen LogP contribution is -2.22. The first-order valence-electron chi connectivity index (χ1n) is 4.94. The van der Waals surface area contributed by atoms with Crippen LogP contribution in [-0.4, -0.2) is 26.3 Å². The van der Waals surface area contributed by atoms with Gasteiger partial charge < -0.3 is 9.73 Å². The van der Waals surface area contributed by atoms with Crippen LogP contribution in [0.4, 0.5) is 0 Å². The molecule has 0 saturated heterocycles. The molecule has 1 aromatic rings. The van der Waals surface area contributed by atoms with E-state index >= 15 is 0 Å². The van der Waals surface area contributed by atoms with Crippen LogP contribution in [0.15, 0.2) is 22.8 Å². The third-order valence-electron chi connectivity index (χ3n) is 1.96. The van der Waals surface area contributed by atoms with Gasteiger partial charge in [-0.25, -0.2) is 8.42 Å². The standard InChI is InChI=1S/C10H15NO4S/c1-16(13,14)7-3-5-10(12)11-8-9-4-2-6-15-9/h2,4,6H,3,5,7-8H2,1H3,(H,11,12). The zero-order valence-electron chi connectivity index (χ0n) is 9.10. The quantitative estimate of drug-likeness (QED) is 0.801. The van der Waals surface area contributed by atoms with Gasteiger partial charge in [-0.15, -0.1) is 0 Å². The molecule has 1 amide bonds. The highest BCUT2D eigenvalue weighted by molar-refractivity contribution is 7.90. The molecule has 1 heterocycles. The lowest BCUT2D eigenvalue weighted by atomic mass is 10.3. The summed E-state index contributed by atoms with van der Waals surface area (Å²) in [6.45, 7) is 0.338. The Bertz CT molecular complexity index is 422. The summed E-state index contributed by atoms with van der Waals surface area (Å²) in [6.07, 6.45) is 3.26. The second-order valence-electron chi connectivity index (χ2n) is 3.59. The van der Waals surface area contributed by atoms with Crippen LogP contribution in [0.25, 0.3) is 0 Å². The highest BCUT2D eigenvalue weighted by Crippen LogP contribution is 1.99. The maximum Gasteiger partial charge on any atom is 0.220 e. The van der Waals surface area contributed by atoms with Crippen LogP contribution in [0.2, 0.25) is 0 Å². The van der Waals surface area contributed by atoms with Crippen molar-refractivity contribution in [3.05, 3.63) is 24.2 Å². The second kappa shape index (κ2) is 5.69. The number of nitrogens with one attached hydrogen (secondary N) is 1. The van der Waals surface area contributed by atoms with Gasteiger partial charge in [-0.2, -0.15) is 0 Å². The van der Waals surface area contributed by atoms with E-state index in [-0.39, 0.29) is 18.1 Å². The molecule has 0 spiro atoms. The molecule has 16 heavy (non-hydrogen) atoms. The van der Waals surface area contributed by atoms with Gasteiger partial charge in [0.1, 0.15) is 15.6 Å². The van der Waals surface area contributed by atoms with Gasteiger partial charge in [0, 0.05) is 12.7 Å². The Balaban J connectivity index is 2.17. The van der Waals surface area contributed by atoms with E-state index in [1.54, 1.807) is 12.1 Å². The number of sulfone groups is 1. The minimum absolute atomic E-state index is 0.0428. The van der Waals surface area contributed by atoms with Crippen molar-refractivity contribution in [2.45, 2.75) is 19.4 Å². The van der Waals surface area contributed by atoms with Crippen molar-refractivity contribution in [3.63, 3.8) is 0 Å². The molecule has 0 aliphatic carbocycles. The Morgan fingerprint density at radius 1 is 1.50 bits per heavy atom. The number of rotatable bonds is 6. The maximum absolute atomic E-state index is 11.3. The molecule has 1 N–H and O–H groups in total. The van der Waals surface area contributed by atoms with E-state index in [4.69, 9.17) is 4.42 Å². The largest absolute Gasteiger partial charge is 0.467 e. The predicted octanol–water partition coefficient (Wildman–Crippen LogP) is 0.721. The van der Waals surface area contributed by atoms with Crippen LogP contribution in [0.5, 0.6) is 0 Å². The molecular formula is C10H15NO4S. The van der Waals surface area contributed by atoms with Gasteiger partial charge in [0.2, 0.25) is 5.91 Å². The van der Waals surface area contributed by atoms with Gasteiger partial charge in [0.25, 0.3) is 0 Å². The molecule has 1 aromatic heterocycles. The third-order valence-corrected chi connectivity index (χ3v) is 2.99. The van der Waals surface area contributed by atoms with Crippen LogP contribution in [-0.2, 0) is 21.2 Å². The van der Waals surface area contributed by atoms with Crippen molar-refractivity contribution in [2.24, 2.45) is 0 Å². The molecular weight excluding hydrogens is 230 g/mol. The fourth-order valence-electron chi connectivity index (χ4n) is 1.18. The molecule has 0 aromatic carbocycles. The van der Waals surface area contributed by atoms with Gasteiger partial charge in [0.05, 0.1) is 18.6 Å². The predicted molar refractivity (Wildman–Crippen MR) is 59.5 cm³/mol. The van der Waals surface area contributed by atoms with Crippen molar-refractivity contribution in [3.8, 4) is 0 Å². The average Bonchev–Trinajstić information content (AvgIpc) is 2.65. The van der Waals surface area contributed by atoms with Gasteiger partial charge in [-0.05, 0) is 18.6 Å². The summed E-state index contributed by atoms with van der Waals surface area (Å²) < 4.78 is 26.7. The maximum atomic E-state index is 11.3. The normalized spacial score (nSPS) is 11.3. The number of carbonyl (C=O) groups is 1. The summed E-state index contributed by atoms with van der Waals surface area (Å²) in [5.41, 5.74) is 0. The zero-order valence-corrected chi connectivity index (χ0v) is 9.92. The number of hydrogen-bond donors (Lipinski definition) is 1. The fraction of sp³-hybridized carbons (Fsp3) is 0.500. The van der Waals surface area contributed by atoms with E-state index in [9.17, 15) is 13.2 Å². The molecule has 0 fully saturated rings. The lowest BCUT2D eigenvalue weighted by Gasteiger charge is -2.02. The third kappa shape index (κ3) is 5.55. The van der Waals surface area contributed by atoms with E-state index in [1.807, 2.05) is 0 Å². The molecule has 0 atom stereocenters. The Morgan fingerprint density at radius 3 is 2.81 bits per heavy atom. The summed E-state index contributed by atoms with van der Waals surface area (Å²) in [6, 6.07) is 3.50. The van der Waals surface area contributed by atoms with Gasteiger partial charge in [-0.1, -0.05) is 0 Å². The lowest BCUT2D eigenvalue weighted by molar-refractivity contribution is -0.121. The van der Waals surface area contributed by atoms with Crippen molar-refractivity contribution in [1.29, 1.82) is 0 Å². The van der Waals surface area contributed by atoms with E-state index in [0.29, 0.717) is 18.7 Å². The van der Waals surface area contributed by atoms with Crippen LogP contribution in [0, 0.1) is 0 Å². The van der Waals surface area contributed by atoms with E-state index in [1.165, 1.54) is 6.26 Å². The van der Waals surface area contributed by atoms with E-state index in [0.717, 1.165) is 6.26 Å². The van der Waals surface area contributed by atoms with E-state index in [2.05, 4.69) is 5.32 Å².